The van der Waals surface area contributed by atoms with E-state index in [9.17, 15) is 9.90 Å². The summed E-state index contributed by atoms with van der Waals surface area (Å²) in [6.07, 6.45) is 3.53. The zero-order valence-electron chi connectivity index (χ0n) is 12.2. The van der Waals surface area contributed by atoms with Crippen molar-refractivity contribution in [3.05, 3.63) is 48.3 Å². The SMILES string of the molecule is CC1(C)C(O)CC1NC(=O)c1cnn(-c2ccccc2)c1. The van der Waals surface area contributed by atoms with Gasteiger partial charge in [0.15, 0.2) is 0 Å². The van der Waals surface area contributed by atoms with Crippen molar-refractivity contribution < 1.29 is 9.90 Å². The third-order valence-electron chi connectivity index (χ3n) is 4.39. The fourth-order valence-corrected chi connectivity index (χ4v) is 2.55. The number of nitrogens with zero attached hydrogens (tertiary/aromatic N) is 2. The first-order chi connectivity index (χ1) is 9.98. The van der Waals surface area contributed by atoms with Gasteiger partial charge in [-0.1, -0.05) is 32.0 Å². The van der Waals surface area contributed by atoms with E-state index >= 15 is 0 Å². The molecular weight excluding hydrogens is 266 g/mol. The number of rotatable bonds is 3. The van der Waals surface area contributed by atoms with Crippen molar-refractivity contribution in [2.75, 3.05) is 0 Å². The summed E-state index contributed by atoms with van der Waals surface area (Å²) in [5.74, 6) is -0.151. The van der Waals surface area contributed by atoms with Gasteiger partial charge >= 0.3 is 0 Å². The Balaban J connectivity index is 1.71. The molecule has 1 heterocycles. The molecule has 1 fully saturated rings. The van der Waals surface area contributed by atoms with Gasteiger partial charge in [-0.05, 0) is 18.6 Å². The maximum absolute atomic E-state index is 12.2. The normalized spacial score (nSPS) is 23.4. The predicted molar refractivity (Wildman–Crippen MR) is 79.2 cm³/mol. The van der Waals surface area contributed by atoms with Gasteiger partial charge in [0.1, 0.15) is 0 Å². The standard InChI is InChI=1S/C16H19N3O2/c1-16(2)13(8-14(16)20)18-15(21)11-9-17-19(10-11)12-6-4-3-5-7-12/h3-7,9-10,13-14,20H,8H2,1-2H3,(H,18,21). The van der Waals surface area contributed by atoms with Gasteiger partial charge in [0.2, 0.25) is 0 Å². The van der Waals surface area contributed by atoms with Gasteiger partial charge in [-0.25, -0.2) is 4.68 Å². The van der Waals surface area contributed by atoms with Crippen molar-refractivity contribution in [2.24, 2.45) is 5.41 Å². The molecule has 1 aromatic heterocycles. The molecule has 0 bridgehead atoms. The molecule has 1 aliphatic carbocycles. The summed E-state index contributed by atoms with van der Waals surface area (Å²) < 4.78 is 1.68. The number of aromatic nitrogens is 2. The largest absolute Gasteiger partial charge is 0.392 e. The lowest BCUT2D eigenvalue weighted by Crippen LogP contribution is -2.61. The van der Waals surface area contributed by atoms with Crippen LogP contribution in [0.15, 0.2) is 42.7 Å². The summed E-state index contributed by atoms with van der Waals surface area (Å²) in [4.78, 5) is 12.2. The van der Waals surface area contributed by atoms with Crippen LogP contribution in [0, 0.1) is 5.41 Å². The second-order valence-corrected chi connectivity index (χ2v) is 6.11. The lowest BCUT2D eigenvalue weighted by atomic mass is 9.64. The van der Waals surface area contributed by atoms with Gasteiger partial charge in [0.05, 0.1) is 23.6 Å². The van der Waals surface area contributed by atoms with Crippen LogP contribution in [0.4, 0.5) is 0 Å². The maximum Gasteiger partial charge on any atom is 0.254 e. The number of hydrogen-bond acceptors (Lipinski definition) is 3. The molecule has 0 radical (unpaired) electrons. The van der Waals surface area contributed by atoms with Crippen molar-refractivity contribution >= 4 is 5.91 Å². The average molecular weight is 285 g/mol. The predicted octanol–water partition coefficient (Wildman–Crippen LogP) is 1.76. The number of aliphatic hydroxyl groups excluding tert-OH is 1. The van der Waals surface area contributed by atoms with Gasteiger partial charge in [-0.15, -0.1) is 0 Å². The van der Waals surface area contributed by atoms with E-state index in [4.69, 9.17) is 0 Å². The first-order valence-corrected chi connectivity index (χ1v) is 7.07. The zero-order valence-corrected chi connectivity index (χ0v) is 12.2. The molecule has 2 atom stereocenters. The highest BCUT2D eigenvalue weighted by atomic mass is 16.3. The molecule has 5 nitrogen and oxygen atoms in total. The van der Waals surface area contributed by atoms with Gasteiger partial charge in [0, 0.05) is 17.7 Å². The van der Waals surface area contributed by atoms with Gasteiger partial charge in [0.25, 0.3) is 5.91 Å². The van der Waals surface area contributed by atoms with E-state index in [-0.39, 0.29) is 23.5 Å². The molecule has 1 saturated carbocycles. The van der Waals surface area contributed by atoms with Crippen LogP contribution in [0.3, 0.4) is 0 Å². The number of hydrogen-bond donors (Lipinski definition) is 2. The number of carbonyl (C=O) groups excluding carboxylic acids is 1. The van der Waals surface area contributed by atoms with Gasteiger partial charge in [-0.3, -0.25) is 4.79 Å². The molecule has 1 aromatic carbocycles. The second kappa shape index (κ2) is 5.00. The van der Waals surface area contributed by atoms with E-state index in [0.717, 1.165) is 5.69 Å². The molecule has 110 valence electrons. The Morgan fingerprint density at radius 1 is 1.38 bits per heavy atom. The van der Waals surface area contributed by atoms with Crippen molar-refractivity contribution in [1.29, 1.82) is 0 Å². The minimum Gasteiger partial charge on any atom is -0.392 e. The Hall–Kier alpha value is -2.14. The smallest absolute Gasteiger partial charge is 0.254 e. The van der Waals surface area contributed by atoms with Crippen LogP contribution in [-0.4, -0.2) is 32.9 Å². The third kappa shape index (κ3) is 2.45. The number of benzene rings is 1. The molecule has 2 N–H and O–H groups in total. The first kappa shape index (κ1) is 13.8. The summed E-state index contributed by atoms with van der Waals surface area (Å²) in [5.41, 5.74) is 1.16. The maximum atomic E-state index is 12.2. The van der Waals surface area contributed by atoms with Crippen LogP contribution in [0.1, 0.15) is 30.6 Å². The van der Waals surface area contributed by atoms with Crippen LogP contribution >= 0.6 is 0 Å². The monoisotopic (exact) mass is 285 g/mol. The van der Waals surface area contributed by atoms with Crippen molar-refractivity contribution in [3.8, 4) is 5.69 Å². The highest BCUT2D eigenvalue weighted by molar-refractivity contribution is 5.94. The average Bonchev–Trinajstić information content (AvgIpc) is 2.98. The Labute approximate surface area is 123 Å². The lowest BCUT2D eigenvalue weighted by molar-refractivity contribution is -0.0689. The van der Waals surface area contributed by atoms with E-state index in [1.54, 1.807) is 17.1 Å². The van der Waals surface area contributed by atoms with Crippen LogP contribution in [-0.2, 0) is 0 Å². The van der Waals surface area contributed by atoms with E-state index in [0.29, 0.717) is 12.0 Å². The van der Waals surface area contributed by atoms with Crippen LogP contribution in [0.5, 0.6) is 0 Å². The van der Waals surface area contributed by atoms with E-state index < -0.39 is 0 Å². The van der Waals surface area contributed by atoms with Crippen LogP contribution < -0.4 is 5.32 Å². The summed E-state index contributed by atoms with van der Waals surface area (Å²) in [7, 11) is 0. The van der Waals surface area contributed by atoms with Crippen molar-refractivity contribution in [3.63, 3.8) is 0 Å². The Morgan fingerprint density at radius 3 is 2.71 bits per heavy atom. The molecule has 2 unspecified atom stereocenters. The van der Waals surface area contributed by atoms with Crippen LogP contribution in [0.25, 0.3) is 5.69 Å². The Bertz CT molecular complexity index is 649. The highest BCUT2D eigenvalue weighted by Gasteiger charge is 2.48. The van der Waals surface area contributed by atoms with Gasteiger partial charge < -0.3 is 10.4 Å². The van der Waals surface area contributed by atoms with Crippen molar-refractivity contribution in [2.45, 2.75) is 32.4 Å². The molecular formula is C16H19N3O2. The Kier molecular flexibility index (Phi) is 3.29. The summed E-state index contributed by atoms with van der Waals surface area (Å²) in [6.45, 7) is 3.92. The summed E-state index contributed by atoms with van der Waals surface area (Å²) in [5, 5.41) is 16.9. The number of nitrogens with one attached hydrogen (secondary N) is 1. The molecule has 5 heteroatoms. The molecule has 1 amide bonds. The quantitative estimate of drug-likeness (QED) is 0.903. The van der Waals surface area contributed by atoms with Crippen molar-refractivity contribution in [1.82, 2.24) is 15.1 Å². The molecule has 2 aromatic rings. The minimum absolute atomic E-state index is 0.0000697. The fourth-order valence-electron chi connectivity index (χ4n) is 2.55. The Morgan fingerprint density at radius 2 is 2.10 bits per heavy atom. The fraction of sp³-hybridized carbons (Fsp3) is 0.375. The molecule has 0 spiro atoms. The van der Waals surface area contributed by atoms with E-state index in [1.165, 1.54) is 0 Å². The van der Waals surface area contributed by atoms with E-state index in [2.05, 4.69) is 10.4 Å². The molecule has 3 rings (SSSR count). The summed E-state index contributed by atoms with van der Waals surface area (Å²) in [6, 6.07) is 9.65. The molecule has 21 heavy (non-hydrogen) atoms. The number of para-hydroxylation sites is 1. The minimum atomic E-state index is -0.352. The summed E-state index contributed by atoms with van der Waals surface area (Å²) >= 11 is 0. The van der Waals surface area contributed by atoms with Gasteiger partial charge in [-0.2, -0.15) is 5.10 Å². The number of carbonyl (C=O) groups is 1. The second-order valence-electron chi connectivity index (χ2n) is 6.11. The molecule has 1 aliphatic rings. The molecule has 0 aliphatic heterocycles. The number of amides is 1. The zero-order chi connectivity index (χ0) is 15.0. The lowest BCUT2D eigenvalue weighted by Gasteiger charge is -2.49. The number of aliphatic hydroxyl groups is 1. The van der Waals surface area contributed by atoms with Crippen LogP contribution in [0.2, 0.25) is 0 Å². The first-order valence-electron chi connectivity index (χ1n) is 7.07. The highest BCUT2D eigenvalue weighted by Crippen LogP contribution is 2.40. The topological polar surface area (TPSA) is 67.2 Å². The third-order valence-corrected chi connectivity index (χ3v) is 4.39. The molecule has 0 saturated heterocycles. The van der Waals surface area contributed by atoms with E-state index in [1.807, 2.05) is 44.2 Å².